The topological polar surface area (TPSA) is 208 Å². The molecule has 13 heteroatoms. The fourth-order valence-electron chi connectivity index (χ4n) is 2.49. The SMILES string of the molecule is NC(CCC(=O)O)C(=O)NC(CS)C(=O)NCC(=O)NC(Cc1ccc(O)cc1)C(=O)O. The van der Waals surface area contributed by atoms with Gasteiger partial charge in [-0.25, -0.2) is 4.79 Å². The number of carbonyl (C=O) groups excluding carboxylic acids is 3. The summed E-state index contributed by atoms with van der Waals surface area (Å²) in [5.74, 6) is -4.78. The fraction of sp³-hybridized carbons (Fsp3) is 0.421. The standard InChI is InChI=1S/C19H26N4O8S/c20-12(5-6-16(26)27)17(28)23-14(9-32)18(29)21-8-15(25)22-13(19(30)31)7-10-1-3-11(24)4-2-10/h1-4,12-14,24,32H,5-9,20H2,(H,21,29)(H,22,25)(H,23,28)(H,26,27)(H,30,31). The molecule has 0 bridgehead atoms. The zero-order chi connectivity index (χ0) is 24.3. The molecule has 3 atom stereocenters. The molecule has 0 fully saturated rings. The van der Waals surface area contributed by atoms with Gasteiger partial charge >= 0.3 is 11.9 Å². The van der Waals surface area contributed by atoms with Crippen molar-refractivity contribution < 1.29 is 39.3 Å². The van der Waals surface area contributed by atoms with E-state index < -0.39 is 54.3 Å². The Morgan fingerprint density at radius 2 is 1.59 bits per heavy atom. The van der Waals surface area contributed by atoms with Gasteiger partial charge in [0.15, 0.2) is 0 Å². The monoisotopic (exact) mass is 470 g/mol. The van der Waals surface area contributed by atoms with E-state index in [2.05, 4.69) is 28.6 Å². The van der Waals surface area contributed by atoms with E-state index in [0.717, 1.165) is 0 Å². The summed E-state index contributed by atoms with van der Waals surface area (Å²) in [6.07, 6.45) is -0.484. The number of phenolic OH excluding ortho intramolecular Hbond substituents is 1. The summed E-state index contributed by atoms with van der Waals surface area (Å²) in [6.45, 7) is -0.552. The fourth-order valence-corrected chi connectivity index (χ4v) is 2.74. The van der Waals surface area contributed by atoms with Crippen LogP contribution in [0.3, 0.4) is 0 Å². The average molecular weight is 471 g/mol. The predicted octanol–water partition coefficient (Wildman–Crippen LogP) is -1.77. The summed E-state index contributed by atoms with van der Waals surface area (Å²) in [5.41, 5.74) is 6.15. The number of thiol groups is 1. The van der Waals surface area contributed by atoms with E-state index in [0.29, 0.717) is 5.56 Å². The molecule has 0 saturated heterocycles. The Morgan fingerprint density at radius 3 is 2.12 bits per heavy atom. The van der Waals surface area contributed by atoms with Crippen molar-refractivity contribution in [1.82, 2.24) is 16.0 Å². The third-order valence-electron chi connectivity index (χ3n) is 4.25. The van der Waals surface area contributed by atoms with Crippen molar-refractivity contribution in [2.45, 2.75) is 37.4 Å². The van der Waals surface area contributed by atoms with Crippen molar-refractivity contribution in [2.24, 2.45) is 5.73 Å². The zero-order valence-electron chi connectivity index (χ0n) is 17.0. The van der Waals surface area contributed by atoms with E-state index in [-0.39, 0.29) is 30.8 Å². The van der Waals surface area contributed by atoms with Gasteiger partial charge in [-0.15, -0.1) is 0 Å². The Balaban J connectivity index is 2.55. The highest BCUT2D eigenvalue weighted by molar-refractivity contribution is 7.80. The lowest BCUT2D eigenvalue weighted by Gasteiger charge is -2.19. The van der Waals surface area contributed by atoms with Crippen LogP contribution in [0.25, 0.3) is 0 Å². The first kappa shape index (κ1) is 26.7. The molecule has 1 aromatic carbocycles. The Morgan fingerprint density at radius 1 is 0.969 bits per heavy atom. The van der Waals surface area contributed by atoms with E-state index >= 15 is 0 Å². The molecular weight excluding hydrogens is 444 g/mol. The van der Waals surface area contributed by atoms with Crippen LogP contribution in [-0.4, -0.2) is 75.4 Å². The number of hydrogen-bond donors (Lipinski definition) is 8. The highest BCUT2D eigenvalue weighted by Crippen LogP contribution is 2.11. The van der Waals surface area contributed by atoms with Crippen LogP contribution in [0.15, 0.2) is 24.3 Å². The maximum absolute atomic E-state index is 12.2. The number of rotatable bonds is 13. The Bertz CT molecular complexity index is 833. The molecule has 0 aromatic heterocycles. The minimum Gasteiger partial charge on any atom is -0.508 e. The molecule has 1 aromatic rings. The second-order valence-electron chi connectivity index (χ2n) is 6.83. The molecule has 0 radical (unpaired) electrons. The van der Waals surface area contributed by atoms with Crippen molar-refractivity contribution in [3.63, 3.8) is 0 Å². The highest BCUT2D eigenvalue weighted by atomic mass is 32.1. The smallest absolute Gasteiger partial charge is 0.326 e. The molecule has 0 heterocycles. The Kier molecular flexibility index (Phi) is 11.0. The van der Waals surface area contributed by atoms with Gasteiger partial charge in [0.2, 0.25) is 17.7 Å². The number of benzene rings is 1. The second kappa shape index (κ2) is 13.2. The molecule has 32 heavy (non-hydrogen) atoms. The van der Waals surface area contributed by atoms with Gasteiger partial charge in [-0.3, -0.25) is 19.2 Å². The summed E-state index contributed by atoms with van der Waals surface area (Å²) < 4.78 is 0. The lowest BCUT2D eigenvalue weighted by molar-refractivity contribution is -0.141. The summed E-state index contributed by atoms with van der Waals surface area (Å²) in [5, 5.41) is 34.1. The number of amides is 3. The first-order valence-electron chi connectivity index (χ1n) is 9.49. The maximum atomic E-state index is 12.2. The molecule has 8 N–H and O–H groups in total. The van der Waals surface area contributed by atoms with Crippen LogP contribution in [-0.2, 0) is 30.4 Å². The van der Waals surface area contributed by atoms with Gasteiger partial charge in [0.05, 0.1) is 12.6 Å². The number of carboxylic acid groups (broad SMARTS) is 2. The molecule has 12 nitrogen and oxygen atoms in total. The quantitative estimate of drug-likeness (QED) is 0.153. The molecule has 1 rings (SSSR count). The molecule has 3 amide bonds. The molecule has 0 aliphatic rings. The number of carboxylic acids is 2. The number of nitrogens with one attached hydrogen (secondary N) is 3. The van der Waals surface area contributed by atoms with Crippen molar-refractivity contribution >= 4 is 42.3 Å². The first-order valence-corrected chi connectivity index (χ1v) is 10.1. The van der Waals surface area contributed by atoms with E-state index in [1.807, 2.05) is 0 Å². The van der Waals surface area contributed by atoms with Gasteiger partial charge in [-0.05, 0) is 24.1 Å². The van der Waals surface area contributed by atoms with E-state index in [1.165, 1.54) is 24.3 Å². The van der Waals surface area contributed by atoms with Crippen LogP contribution in [0.4, 0.5) is 0 Å². The van der Waals surface area contributed by atoms with Gasteiger partial charge in [0.25, 0.3) is 0 Å². The van der Waals surface area contributed by atoms with Gasteiger partial charge in [0, 0.05) is 18.6 Å². The zero-order valence-corrected chi connectivity index (χ0v) is 17.9. The minimum atomic E-state index is -1.28. The van der Waals surface area contributed by atoms with Crippen molar-refractivity contribution in [3.05, 3.63) is 29.8 Å². The van der Waals surface area contributed by atoms with Gasteiger partial charge < -0.3 is 37.0 Å². The van der Waals surface area contributed by atoms with Crippen molar-refractivity contribution in [1.29, 1.82) is 0 Å². The lowest BCUT2D eigenvalue weighted by Crippen LogP contribution is -2.54. The van der Waals surface area contributed by atoms with Gasteiger partial charge in [-0.1, -0.05) is 12.1 Å². The molecule has 0 aliphatic heterocycles. The third kappa shape index (κ3) is 9.66. The number of aromatic hydroxyl groups is 1. The summed E-state index contributed by atoms with van der Waals surface area (Å²) in [6, 6.07) is 2.26. The van der Waals surface area contributed by atoms with Crippen molar-refractivity contribution in [3.8, 4) is 5.75 Å². The Labute approximate surface area is 189 Å². The first-order chi connectivity index (χ1) is 15.0. The number of nitrogens with two attached hydrogens (primary N) is 1. The van der Waals surface area contributed by atoms with Crippen LogP contribution in [0.2, 0.25) is 0 Å². The Hall–Kier alpha value is -3.32. The predicted molar refractivity (Wildman–Crippen MR) is 115 cm³/mol. The normalized spacial score (nSPS) is 13.3. The summed E-state index contributed by atoms with van der Waals surface area (Å²) >= 11 is 3.97. The number of carbonyl (C=O) groups is 5. The molecule has 0 spiro atoms. The highest BCUT2D eigenvalue weighted by Gasteiger charge is 2.25. The number of hydrogen-bond acceptors (Lipinski definition) is 8. The molecule has 176 valence electrons. The molecule has 3 unspecified atom stereocenters. The second-order valence-corrected chi connectivity index (χ2v) is 7.19. The molecule has 0 aliphatic carbocycles. The largest absolute Gasteiger partial charge is 0.508 e. The van der Waals surface area contributed by atoms with Crippen molar-refractivity contribution in [2.75, 3.05) is 12.3 Å². The molecular formula is C19H26N4O8S. The van der Waals surface area contributed by atoms with Gasteiger partial charge in [-0.2, -0.15) is 12.6 Å². The average Bonchev–Trinajstić information content (AvgIpc) is 2.74. The van der Waals surface area contributed by atoms with Crippen LogP contribution >= 0.6 is 12.6 Å². The summed E-state index contributed by atoms with van der Waals surface area (Å²) in [4.78, 5) is 58.3. The van der Waals surface area contributed by atoms with Crippen LogP contribution in [0.1, 0.15) is 18.4 Å². The van der Waals surface area contributed by atoms with Crippen LogP contribution < -0.4 is 21.7 Å². The summed E-state index contributed by atoms with van der Waals surface area (Å²) in [7, 11) is 0. The number of phenols is 1. The molecule has 0 saturated carbocycles. The van der Waals surface area contributed by atoms with E-state index in [9.17, 15) is 34.2 Å². The van der Waals surface area contributed by atoms with E-state index in [1.54, 1.807) is 0 Å². The lowest BCUT2D eigenvalue weighted by atomic mass is 10.1. The van der Waals surface area contributed by atoms with Crippen LogP contribution in [0, 0.1) is 0 Å². The number of aliphatic carboxylic acids is 2. The van der Waals surface area contributed by atoms with Gasteiger partial charge in [0.1, 0.15) is 17.8 Å². The van der Waals surface area contributed by atoms with Crippen LogP contribution in [0.5, 0.6) is 5.75 Å². The minimum absolute atomic E-state index is 0.0149. The van der Waals surface area contributed by atoms with E-state index in [4.69, 9.17) is 10.8 Å². The third-order valence-corrected chi connectivity index (χ3v) is 4.62. The maximum Gasteiger partial charge on any atom is 0.326 e.